The lowest BCUT2D eigenvalue weighted by Gasteiger charge is -2.10. The molecule has 176 valence electrons. The highest BCUT2D eigenvalue weighted by Crippen LogP contribution is 2.26. The number of nitrogens with one attached hydrogen (secondary N) is 2. The van der Waals surface area contributed by atoms with Gasteiger partial charge in [0.25, 0.3) is 11.8 Å². The number of halogens is 2. The lowest BCUT2D eigenvalue weighted by Crippen LogP contribution is -2.24. The van der Waals surface area contributed by atoms with Crippen LogP contribution in [0.25, 0.3) is 0 Å². The average molecular weight is 486 g/mol. The van der Waals surface area contributed by atoms with Crippen molar-refractivity contribution >= 4 is 35.3 Å². The van der Waals surface area contributed by atoms with Gasteiger partial charge in [-0.1, -0.05) is 35.9 Å². The van der Waals surface area contributed by atoms with Crippen molar-refractivity contribution in [2.75, 3.05) is 25.6 Å². The highest BCUT2D eigenvalue weighted by atomic mass is 35.5. The predicted molar refractivity (Wildman–Crippen MR) is 126 cm³/mol. The molecule has 0 unspecified atom stereocenters. The number of amides is 2. The molecule has 0 aromatic heterocycles. The van der Waals surface area contributed by atoms with Crippen molar-refractivity contribution in [2.45, 2.75) is 0 Å². The summed E-state index contributed by atoms with van der Waals surface area (Å²) in [6.45, 7) is -0.607. The van der Waals surface area contributed by atoms with Gasteiger partial charge in [-0.05, 0) is 48.0 Å². The first-order chi connectivity index (χ1) is 16.5. The molecular weight excluding hydrogens is 465 g/mol. The number of carbonyl (C=O) groups is 2. The van der Waals surface area contributed by atoms with E-state index in [4.69, 9.17) is 25.8 Å². The Bertz CT molecular complexity index is 1190. The Morgan fingerprint density at radius 2 is 1.62 bits per heavy atom. The summed E-state index contributed by atoms with van der Waals surface area (Å²) in [5.41, 5.74) is 2.99. The molecule has 0 aliphatic rings. The molecule has 34 heavy (non-hydrogen) atoms. The maximum Gasteiger partial charge on any atom is 0.277 e. The van der Waals surface area contributed by atoms with Gasteiger partial charge in [0, 0.05) is 0 Å². The normalized spacial score (nSPS) is 10.6. The van der Waals surface area contributed by atoms with Crippen LogP contribution in [0.5, 0.6) is 17.2 Å². The maximum atomic E-state index is 13.6. The molecule has 2 amide bonds. The fourth-order valence-electron chi connectivity index (χ4n) is 2.70. The molecule has 0 saturated carbocycles. The number of hydrogen-bond acceptors (Lipinski definition) is 6. The van der Waals surface area contributed by atoms with Crippen molar-refractivity contribution in [3.05, 3.63) is 83.1 Å². The van der Waals surface area contributed by atoms with Gasteiger partial charge in [0.2, 0.25) is 0 Å². The zero-order chi connectivity index (χ0) is 24.3. The summed E-state index contributed by atoms with van der Waals surface area (Å²) < 4.78 is 29.6. The summed E-state index contributed by atoms with van der Waals surface area (Å²) in [4.78, 5) is 23.9. The van der Waals surface area contributed by atoms with Crippen LogP contribution in [0, 0.1) is 5.82 Å². The Kier molecular flexibility index (Phi) is 8.81. The minimum atomic E-state index is -0.545. The molecule has 2 N–H and O–H groups in total. The van der Waals surface area contributed by atoms with Crippen molar-refractivity contribution in [3.63, 3.8) is 0 Å². The highest BCUT2D eigenvalue weighted by Gasteiger charge is 2.10. The van der Waals surface area contributed by atoms with Crippen LogP contribution in [0.15, 0.2) is 71.8 Å². The second kappa shape index (κ2) is 12.2. The SMILES string of the molecule is COc1ccccc1OCC(=O)NN=Cc1ccc(OCC(=O)Nc2ccccc2F)c(Cl)c1. The molecule has 0 bridgehead atoms. The van der Waals surface area contributed by atoms with Gasteiger partial charge in [0.1, 0.15) is 11.6 Å². The number of anilines is 1. The highest BCUT2D eigenvalue weighted by molar-refractivity contribution is 6.32. The molecule has 0 spiro atoms. The summed E-state index contributed by atoms with van der Waals surface area (Å²) in [6.07, 6.45) is 1.39. The third kappa shape index (κ3) is 7.21. The maximum absolute atomic E-state index is 13.6. The van der Waals surface area contributed by atoms with Crippen LogP contribution in [0.2, 0.25) is 5.02 Å². The number of rotatable bonds is 10. The molecule has 10 heteroatoms. The first-order valence-electron chi connectivity index (χ1n) is 10.0. The van der Waals surface area contributed by atoms with E-state index in [-0.39, 0.29) is 29.7 Å². The molecule has 3 aromatic rings. The molecule has 0 aliphatic heterocycles. The van der Waals surface area contributed by atoms with E-state index >= 15 is 0 Å². The standard InChI is InChI=1S/C24H21ClFN3O5/c1-32-21-8-4-5-9-22(21)34-15-24(31)29-27-13-16-10-11-20(17(25)12-16)33-14-23(30)28-19-7-3-2-6-18(19)26/h2-13H,14-15H2,1H3,(H,28,30)(H,29,31). The third-order valence-corrected chi connectivity index (χ3v) is 4.59. The summed E-state index contributed by atoms with van der Waals surface area (Å²) in [5, 5.41) is 6.51. The first kappa shape index (κ1) is 24.5. The second-order valence-electron chi connectivity index (χ2n) is 6.74. The van der Waals surface area contributed by atoms with Crippen LogP contribution in [0.3, 0.4) is 0 Å². The Balaban J connectivity index is 1.46. The van der Waals surface area contributed by atoms with Crippen molar-refractivity contribution in [1.29, 1.82) is 0 Å². The van der Waals surface area contributed by atoms with Crippen molar-refractivity contribution < 1.29 is 28.2 Å². The van der Waals surface area contributed by atoms with Crippen molar-refractivity contribution in [1.82, 2.24) is 5.43 Å². The fraction of sp³-hybridized carbons (Fsp3) is 0.125. The molecule has 0 radical (unpaired) electrons. The number of nitrogens with zero attached hydrogens (tertiary/aromatic N) is 1. The van der Waals surface area contributed by atoms with Gasteiger partial charge in [-0.3, -0.25) is 9.59 Å². The van der Waals surface area contributed by atoms with Gasteiger partial charge in [-0.25, -0.2) is 9.82 Å². The number of methoxy groups -OCH3 is 1. The van der Waals surface area contributed by atoms with E-state index in [0.717, 1.165) is 0 Å². The summed E-state index contributed by atoms with van der Waals surface area (Å²) in [5.74, 6) is -0.332. The lowest BCUT2D eigenvalue weighted by atomic mass is 10.2. The number of carbonyl (C=O) groups excluding carboxylic acids is 2. The molecule has 0 heterocycles. The minimum Gasteiger partial charge on any atom is -0.493 e. The third-order valence-electron chi connectivity index (χ3n) is 4.29. The molecule has 0 saturated heterocycles. The summed E-state index contributed by atoms with van der Waals surface area (Å²) >= 11 is 6.19. The number of para-hydroxylation sites is 3. The molecule has 0 fully saturated rings. The van der Waals surface area contributed by atoms with E-state index < -0.39 is 17.6 Å². The second-order valence-corrected chi connectivity index (χ2v) is 7.15. The monoisotopic (exact) mass is 485 g/mol. The number of hydrazone groups is 1. The van der Waals surface area contributed by atoms with Crippen LogP contribution >= 0.6 is 11.6 Å². The summed E-state index contributed by atoms with van der Waals surface area (Å²) in [6, 6.07) is 17.5. The largest absolute Gasteiger partial charge is 0.493 e. The van der Waals surface area contributed by atoms with Gasteiger partial charge in [-0.2, -0.15) is 5.10 Å². The molecular formula is C24H21ClFN3O5. The Morgan fingerprint density at radius 3 is 2.35 bits per heavy atom. The van der Waals surface area contributed by atoms with Gasteiger partial charge >= 0.3 is 0 Å². The summed E-state index contributed by atoms with van der Waals surface area (Å²) in [7, 11) is 1.51. The molecule has 3 rings (SSSR count). The predicted octanol–water partition coefficient (Wildman–Crippen LogP) is 4.03. The van der Waals surface area contributed by atoms with Crippen LogP contribution in [0.1, 0.15) is 5.56 Å². The minimum absolute atomic E-state index is 0.0594. The Morgan fingerprint density at radius 1 is 0.941 bits per heavy atom. The Labute approximate surface area is 200 Å². The van der Waals surface area contributed by atoms with Crippen molar-refractivity contribution in [3.8, 4) is 17.2 Å². The number of benzene rings is 3. The van der Waals surface area contributed by atoms with E-state index in [9.17, 15) is 14.0 Å². The van der Waals surface area contributed by atoms with Crippen LogP contribution in [0.4, 0.5) is 10.1 Å². The quantitative estimate of drug-likeness (QED) is 0.334. The Hall–Kier alpha value is -4.11. The zero-order valence-electron chi connectivity index (χ0n) is 18.1. The van der Waals surface area contributed by atoms with E-state index in [2.05, 4.69) is 15.8 Å². The zero-order valence-corrected chi connectivity index (χ0v) is 18.8. The molecule has 0 aliphatic carbocycles. The van der Waals surface area contributed by atoms with Crippen LogP contribution in [-0.4, -0.2) is 38.4 Å². The molecule has 3 aromatic carbocycles. The van der Waals surface area contributed by atoms with E-state index in [1.54, 1.807) is 48.5 Å². The number of hydrogen-bond donors (Lipinski definition) is 2. The smallest absolute Gasteiger partial charge is 0.277 e. The van der Waals surface area contributed by atoms with Crippen molar-refractivity contribution in [2.24, 2.45) is 5.10 Å². The van der Waals surface area contributed by atoms with E-state index in [1.807, 2.05) is 0 Å². The number of ether oxygens (including phenoxy) is 3. The van der Waals surface area contributed by atoms with Gasteiger partial charge in [0.05, 0.1) is 24.0 Å². The van der Waals surface area contributed by atoms with Gasteiger partial charge in [0.15, 0.2) is 24.7 Å². The average Bonchev–Trinajstić information content (AvgIpc) is 2.84. The topological polar surface area (TPSA) is 98.2 Å². The molecule has 0 atom stereocenters. The van der Waals surface area contributed by atoms with Crippen LogP contribution in [-0.2, 0) is 9.59 Å². The van der Waals surface area contributed by atoms with Crippen LogP contribution < -0.4 is 25.0 Å². The molecule has 8 nitrogen and oxygen atoms in total. The van der Waals surface area contributed by atoms with E-state index in [0.29, 0.717) is 17.1 Å². The van der Waals surface area contributed by atoms with E-state index in [1.165, 1.54) is 31.5 Å². The van der Waals surface area contributed by atoms with Gasteiger partial charge < -0.3 is 19.5 Å². The fourth-order valence-corrected chi connectivity index (χ4v) is 2.94. The van der Waals surface area contributed by atoms with Gasteiger partial charge in [-0.15, -0.1) is 0 Å². The lowest BCUT2D eigenvalue weighted by molar-refractivity contribution is -0.123. The first-order valence-corrected chi connectivity index (χ1v) is 10.4.